The summed E-state index contributed by atoms with van der Waals surface area (Å²) in [5.74, 6) is 1.42. The van der Waals surface area contributed by atoms with Crippen molar-refractivity contribution in [1.82, 2.24) is 14.8 Å². The number of carbonyl (C=O) groups is 1. The minimum Gasteiger partial charge on any atom is -0.490 e. The Balaban J connectivity index is 1.53. The largest absolute Gasteiger partial charge is 0.490 e. The molecule has 5 rings (SSSR count). The summed E-state index contributed by atoms with van der Waals surface area (Å²) in [5, 5.41) is 11.4. The Morgan fingerprint density at radius 2 is 1.90 bits per heavy atom. The van der Waals surface area contributed by atoms with Crippen LogP contribution in [0.15, 0.2) is 82.7 Å². The number of nitrogens with zero attached hydrogens (tertiary/aromatic N) is 3. The second-order valence-corrected chi connectivity index (χ2v) is 10.3. The summed E-state index contributed by atoms with van der Waals surface area (Å²) in [5.41, 5.74) is 4.66. The van der Waals surface area contributed by atoms with Crippen LogP contribution in [0.25, 0.3) is 0 Å². The minimum atomic E-state index is -0.561. The van der Waals surface area contributed by atoms with Gasteiger partial charge >= 0.3 is 0 Å². The average molecular weight is 609 g/mol. The second-order valence-electron chi connectivity index (χ2n) is 9.04. The second kappa shape index (κ2) is 11.5. The first kappa shape index (κ1) is 26.8. The fourth-order valence-electron chi connectivity index (χ4n) is 4.48. The molecule has 1 aliphatic rings. The normalized spacial score (nSPS) is 14.4. The van der Waals surface area contributed by atoms with E-state index < -0.39 is 6.04 Å². The van der Waals surface area contributed by atoms with Gasteiger partial charge in [-0.05, 0) is 83.7 Å². The lowest BCUT2D eigenvalue weighted by Crippen LogP contribution is -2.31. The quantitative estimate of drug-likeness (QED) is 0.226. The first-order valence-electron chi connectivity index (χ1n) is 12.4. The van der Waals surface area contributed by atoms with Crippen LogP contribution in [0.4, 0.5) is 11.6 Å². The Morgan fingerprint density at radius 3 is 2.64 bits per heavy atom. The summed E-state index contributed by atoms with van der Waals surface area (Å²) in [7, 11) is 0. The summed E-state index contributed by atoms with van der Waals surface area (Å²) in [6.07, 6.45) is 1.47. The lowest BCUT2D eigenvalue weighted by atomic mass is 9.94. The molecule has 1 amide bonds. The SMILES string of the molecule is CCOc1cc(C2C(C(=O)Nc3ccccc3C)=C(C)Nc3ncnn32)cc(Br)c1OCc1ccc(Cl)cc1. The van der Waals surface area contributed by atoms with Crippen molar-refractivity contribution in [3.8, 4) is 11.5 Å². The number of nitrogens with one attached hydrogen (secondary N) is 2. The van der Waals surface area contributed by atoms with Crippen LogP contribution in [-0.4, -0.2) is 27.3 Å². The van der Waals surface area contributed by atoms with Crippen LogP contribution in [0.3, 0.4) is 0 Å². The monoisotopic (exact) mass is 607 g/mol. The molecular weight excluding hydrogens is 582 g/mol. The highest BCUT2D eigenvalue weighted by atomic mass is 79.9. The summed E-state index contributed by atoms with van der Waals surface area (Å²) in [6.45, 7) is 6.49. The maximum absolute atomic E-state index is 13.7. The van der Waals surface area contributed by atoms with E-state index in [2.05, 4.69) is 36.6 Å². The number of aromatic nitrogens is 3. The molecule has 0 saturated carbocycles. The number of hydrogen-bond donors (Lipinski definition) is 2. The van der Waals surface area contributed by atoms with Gasteiger partial charge in [-0.2, -0.15) is 10.1 Å². The molecule has 0 saturated heterocycles. The molecule has 1 aliphatic heterocycles. The Hall–Kier alpha value is -3.82. The van der Waals surface area contributed by atoms with Crippen LogP contribution in [0.2, 0.25) is 5.02 Å². The minimum absolute atomic E-state index is 0.238. The van der Waals surface area contributed by atoms with Crippen molar-refractivity contribution in [3.63, 3.8) is 0 Å². The van der Waals surface area contributed by atoms with Crippen molar-refractivity contribution < 1.29 is 14.3 Å². The molecule has 1 atom stereocenters. The van der Waals surface area contributed by atoms with Crippen molar-refractivity contribution in [3.05, 3.63) is 104 Å². The van der Waals surface area contributed by atoms with Gasteiger partial charge in [0.1, 0.15) is 19.0 Å². The number of hydrogen-bond acceptors (Lipinski definition) is 6. The number of fused-ring (bicyclic) bond motifs is 1. The fourth-order valence-corrected chi connectivity index (χ4v) is 5.18. The van der Waals surface area contributed by atoms with Crippen LogP contribution >= 0.6 is 27.5 Å². The average Bonchev–Trinajstić information content (AvgIpc) is 3.37. The number of ether oxygens (including phenoxy) is 2. The van der Waals surface area contributed by atoms with Crippen molar-refractivity contribution in [2.75, 3.05) is 17.2 Å². The highest BCUT2D eigenvalue weighted by Crippen LogP contribution is 2.43. The molecule has 8 nitrogen and oxygen atoms in total. The molecule has 2 N–H and O–H groups in total. The van der Waals surface area contributed by atoms with Crippen molar-refractivity contribution >= 4 is 45.1 Å². The summed E-state index contributed by atoms with van der Waals surface area (Å²) in [6, 6.07) is 18.4. The van der Waals surface area contributed by atoms with E-state index in [1.165, 1.54) is 6.33 Å². The lowest BCUT2D eigenvalue weighted by molar-refractivity contribution is -0.113. The molecular formula is C29H27BrClN5O3. The summed E-state index contributed by atoms with van der Waals surface area (Å²) < 4.78 is 14.6. The van der Waals surface area contributed by atoms with Gasteiger partial charge in [-0.1, -0.05) is 41.9 Å². The van der Waals surface area contributed by atoms with Gasteiger partial charge in [0.15, 0.2) is 11.5 Å². The number of carbonyl (C=O) groups excluding carboxylic acids is 1. The molecule has 0 spiro atoms. The zero-order valence-corrected chi connectivity index (χ0v) is 24.0. The standard InChI is InChI=1S/C29H27BrClN5O3/c1-4-38-24-14-20(13-22(30)27(24)39-15-19-9-11-21(31)12-10-19)26-25(18(3)34-29-32-16-33-36(26)29)28(37)35-23-8-6-5-7-17(23)2/h5-14,16,26H,4,15H2,1-3H3,(H,35,37)(H,32,33,34). The van der Waals surface area contributed by atoms with Gasteiger partial charge in [0.2, 0.25) is 5.95 Å². The molecule has 200 valence electrons. The summed E-state index contributed by atoms with van der Waals surface area (Å²) >= 11 is 9.70. The first-order chi connectivity index (χ1) is 18.9. The van der Waals surface area contributed by atoms with E-state index in [4.69, 9.17) is 21.1 Å². The third-order valence-electron chi connectivity index (χ3n) is 6.38. The third-order valence-corrected chi connectivity index (χ3v) is 7.22. The number of aryl methyl sites for hydroxylation is 1. The Labute approximate surface area is 240 Å². The van der Waals surface area contributed by atoms with E-state index in [9.17, 15) is 4.79 Å². The molecule has 10 heteroatoms. The first-order valence-corrected chi connectivity index (χ1v) is 13.6. The summed E-state index contributed by atoms with van der Waals surface area (Å²) in [4.78, 5) is 18.1. The van der Waals surface area contributed by atoms with Gasteiger partial charge < -0.3 is 20.1 Å². The van der Waals surface area contributed by atoms with Crippen molar-refractivity contribution in [2.45, 2.75) is 33.4 Å². The maximum Gasteiger partial charge on any atom is 0.255 e. The number of rotatable bonds is 8. The number of para-hydroxylation sites is 1. The van der Waals surface area contributed by atoms with Crippen LogP contribution < -0.4 is 20.1 Å². The van der Waals surface area contributed by atoms with Gasteiger partial charge in [-0.15, -0.1) is 0 Å². The molecule has 1 unspecified atom stereocenters. The molecule has 1 aromatic heterocycles. The number of allylic oxidation sites excluding steroid dienone is 1. The van der Waals surface area contributed by atoms with E-state index >= 15 is 0 Å². The Bertz CT molecular complexity index is 1550. The molecule has 2 heterocycles. The van der Waals surface area contributed by atoms with E-state index in [0.717, 1.165) is 22.4 Å². The van der Waals surface area contributed by atoms with E-state index in [-0.39, 0.29) is 5.91 Å². The topological polar surface area (TPSA) is 90.3 Å². The van der Waals surface area contributed by atoms with Crippen molar-refractivity contribution in [2.24, 2.45) is 0 Å². The molecule has 4 aromatic rings. The zero-order chi connectivity index (χ0) is 27.5. The molecule has 0 bridgehead atoms. The lowest BCUT2D eigenvalue weighted by Gasteiger charge is -2.29. The highest BCUT2D eigenvalue weighted by Gasteiger charge is 2.34. The fraction of sp³-hybridized carbons (Fsp3) is 0.207. The number of benzene rings is 3. The molecule has 0 aliphatic carbocycles. The predicted molar refractivity (Wildman–Crippen MR) is 155 cm³/mol. The number of halogens is 2. The predicted octanol–water partition coefficient (Wildman–Crippen LogP) is 6.91. The number of anilines is 2. The Morgan fingerprint density at radius 1 is 1.13 bits per heavy atom. The molecule has 0 radical (unpaired) electrons. The van der Waals surface area contributed by atoms with Gasteiger partial charge in [-0.25, -0.2) is 4.68 Å². The van der Waals surface area contributed by atoms with Crippen molar-refractivity contribution in [1.29, 1.82) is 0 Å². The van der Waals surface area contributed by atoms with Crippen LogP contribution in [-0.2, 0) is 11.4 Å². The van der Waals surface area contributed by atoms with Crippen LogP contribution in [0.1, 0.15) is 36.6 Å². The zero-order valence-electron chi connectivity index (χ0n) is 21.7. The smallest absolute Gasteiger partial charge is 0.255 e. The maximum atomic E-state index is 13.7. The Kier molecular flexibility index (Phi) is 7.90. The van der Waals surface area contributed by atoms with Crippen LogP contribution in [0, 0.1) is 6.92 Å². The van der Waals surface area contributed by atoms with E-state index in [1.54, 1.807) is 4.68 Å². The molecule has 0 fully saturated rings. The molecule has 39 heavy (non-hydrogen) atoms. The van der Waals surface area contributed by atoms with Crippen LogP contribution in [0.5, 0.6) is 11.5 Å². The number of amides is 1. The van der Waals surface area contributed by atoms with E-state index in [0.29, 0.717) is 51.4 Å². The van der Waals surface area contributed by atoms with Gasteiger partial charge in [0.05, 0.1) is 16.7 Å². The third kappa shape index (κ3) is 5.65. The molecule has 3 aromatic carbocycles. The van der Waals surface area contributed by atoms with E-state index in [1.807, 2.05) is 81.4 Å². The van der Waals surface area contributed by atoms with Gasteiger partial charge in [0.25, 0.3) is 5.91 Å². The highest BCUT2D eigenvalue weighted by molar-refractivity contribution is 9.10. The van der Waals surface area contributed by atoms with Gasteiger partial charge in [-0.3, -0.25) is 4.79 Å². The van der Waals surface area contributed by atoms with Gasteiger partial charge in [0, 0.05) is 16.4 Å².